The van der Waals surface area contributed by atoms with Gasteiger partial charge in [-0.2, -0.15) is 0 Å². The lowest BCUT2D eigenvalue weighted by molar-refractivity contribution is -0.140. The highest BCUT2D eigenvalue weighted by molar-refractivity contribution is 6.05. The van der Waals surface area contributed by atoms with Gasteiger partial charge < -0.3 is 24.6 Å². The van der Waals surface area contributed by atoms with Gasteiger partial charge in [0.05, 0.1) is 24.1 Å². The third-order valence-corrected chi connectivity index (χ3v) is 6.28. The van der Waals surface area contributed by atoms with Crippen molar-refractivity contribution in [1.29, 1.82) is 0 Å². The number of benzene rings is 2. The number of amides is 3. The second-order valence-corrected chi connectivity index (χ2v) is 8.83. The molecule has 0 bridgehead atoms. The number of ether oxygens (including phenoxy) is 2. The van der Waals surface area contributed by atoms with Crippen LogP contribution in [-0.4, -0.2) is 73.5 Å². The van der Waals surface area contributed by atoms with Gasteiger partial charge >= 0.3 is 0 Å². The Morgan fingerprint density at radius 1 is 1.15 bits per heavy atom. The Labute approximate surface area is 197 Å². The van der Waals surface area contributed by atoms with Gasteiger partial charge in [0.15, 0.2) is 0 Å². The second kappa shape index (κ2) is 9.80. The summed E-state index contributed by atoms with van der Waals surface area (Å²) in [4.78, 5) is 41.1. The van der Waals surface area contributed by atoms with Gasteiger partial charge in [-0.15, -0.1) is 0 Å². The molecule has 0 aromatic heterocycles. The van der Waals surface area contributed by atoms with E-state index in [-0.39, 0.29) is 36.7 Å². The first-order valence-electron chi connectivity index (χ1n) is 11.2. The normalized spacial score (nSPS) is 21.9. The molecule has 9 heteroatoms. The van der Waals surface area contributed by atoms with E-state index in [2.05, 4.69) is 5.32 Å². The summed E-state index contributed by atoms with van der Waals surface area (Å²) in [7, 11) is 5.16. The summed E-state index contributed by atoms with van der Waals surface area (Å²) in [5.74, 6) is -0.685. The number of anilines is 1. The molecule has 3 atom stereocenters. The maximum Gasteiger partial charge on any atom is 0.257 e. The van der Waals surface area contributed by atoms with Crippen LogP contribution in [0.25, 0.3) is 0 Å². The van der Waals surface area contributed by atoms with Gasteiger partial charge in [0.1, 0.15) is 24.3 Å². The minimum absolute atomic E-state index is 0.000188. The number of fused-ring (bicyclic) bond motifs is 2. The van der Waals surface area contributed by atoms with Gasteiger partial charge in [-0.05, 0) is 55.3 Å². The van der Waals surface area contributed by atoms with Crippen molar-refractivity contribution in [1.82, 2.24) is 9.80 Å². The molecule has 34 heavy (non-hydrogen) atoms. The first kappa shape index (κ1) is 23.7. The molecule has 0 spiro atoms. The third-order valence-electron chi connectivity index (χ3n) is 6.28. The summed E-state index contributed by atoms with van der Waals surface area (Å²) in [5, 5.41) is 2.74. The van der Waals surface area contributed by atoms with Crippen LogP contribution in [0.5, 0.6) is 5.75 Å². The predicted molar refractivity (Wildman–Crippen MR) is 123 cm³/mol. The Balaban J connectivity index is 1.50. The monoisotopic (exact) mass is 469 g/mol. The summed E-state index contributed by atoms with van der Waals surface area (Å²) in [6.45, 7) is 0.239. The van der Waals surface area contributed by atoms with E-state index in [4.69, 9.17) is 9.47 Å². The van der Waals surface area contributed by atoms with Crippen LogP contribution in [0.2, 0.25) is 0 Å². The number of likely N-dealkylation sites (N-methyl/N-ethyl adjacent to an activating group) is 1. The van der Waals surface area contributed by atoms with Crippen LogP contribution in [0.3, 0.4) is 0 Å². The fraction of sp³-hybridized carbons (Fsp3) is 0.400. The van der Waals surface area contributed by atoms with Crippen molar-refractivity contribution in [2.75, 3.05) is 33.1 Å². The Kier molecular flexibility index (Phi) is 6.83. The Hall–Kier alpha value is -3.46. The molecule has 2 aromatic carbocycles. The molecule has 1 N–H and O–H groups in total. The summed E-state index contributed by atoms with van der Waals surface area (Å²) in [6.07, 6.45) is 1.08. The molecule has 4 rings (SSSR count). The number of carbonyl (C=O) groups is 3. The average molecular weight is 470 g/mol. The summed E-state index contributed by atoms with van der Waals surface area (Å²) < 4.78 is 25.2. The summed E-state index contributed by atoms with van der Waals surface area (Å²) in [5.41, 5.74) is 1.07. The van der Waals surface area contributed by atoms with E-state index in [1.165, 1.54) is 24.3 Å². The zero-order valence-electron chi connectivity index (χ0n) is 19.4. The first-order valence-corrected chi connectivity index (χ1v) is 11.2. The number of nitrogens with one attached hydrogen (secondary N) is 1. The van der Waals surface area contributed by atoms with Crippen LogP contribution in [-0.2, 0) is 9.53 Å². The molecule has 2 aliphatic heterocycles. The highest BCUT2D eigenvalue weighted by atomic mass is 19.1. The lowest BCUT2D eigenvalue weighted by atomic mass is 9.94. The van der Waals surface area contributed by atoms with Gasteiger partial charge in [0.2, 0.25) is 5.91 Å². The smallest absolute Gasteiger partial charge is 0.257 e. The van der Waals surface area contributed by atoms with Crippen LogP contribution in [0.15, 0.2) is 42.5 Å². The zero-order chi connectivity index (χ0) is 24.4. The molecule has 8 nitrogen and oxygen atoms in total. The van der Waals surface area contributed by atoms with Crippen molar-refractivity contribution in [2.45, 2.75) is 37.5 Å². The zero-order valence-corrected chi connectivity index (χ0v) is 19.4. The lowest BCUT2D eigenvalue weighted by Gasteiger charge is -2.42. The van der Waals surface area contributed by atoms with Crippen molar-refractivity contribution in [3.8, 4) is 5.75 Å². The lowest BCUT2D eigenvalue weighted by Crippen LogP contribution is -2.53. The van der Waals surface area contributed by atoms with Crippen molar-refractivity contribution in [3.05, 3.63) is 59.4 Å². The molecule has 0 radical (unpaired) electrons. The number of rotatable bonds is 4. The Morgan fingerprint density at radius 2 is 1.88 bits per heavy atom. The van der Waals surface area contributed by atoms with Gasteiger partial charge in [0.25, 0.3) is 11.8 Å². The second-order valence-electron chi connectivity index (χ2n) is 8.83. The minimum atomic E-state index is -0.427. The van der Waals surface area contributed by atoms with Crippen LogP contribution in [0.4, 0.5) is 10.1 Å². The third kappa shape index (κ3) is 5.04. The van der Waals surface area contributed by atoms with E-state index >= 15 is 0 Å². The molecule has 1 fully saturated rings. The van der Waals surface area contributed by atoms with Gasteiger partial charge in [-0.3, -0.25) is 14.4 Å². The fourth-order valence-corrected chi connectivity index (χ4v) is 4.29. The van der Waals surface area contributed by atoms with E-state index in [0.717, 1.165) is 0 Å². The Bertz CT molecular complexity index is 1090. The summed E-state index contributed by atoms with van der Waals surface area (Å²) >= 11 is 0. The molecular formula is C25H28FN3O5. The van der Waals surface area contributed by atoms with Crippen LogP contribution >= 0.6 is 0 Å². The van der Waals surface area contributed by atoms with E-state index in [1.54, 1.807) is 49.1 Å². The van der Waals surface area contributed by atoms with Crippen molar-refractivity contribution in [2.24, 2.45) is 0 Å². The average Bonchev–Trinajstić information content (AvgIpc) is 2.82. The molecule has 0 aliphatic carbocycles. The Morgan fingerprint density at radius 3 is 2.59 bits per heavy atom. The maximum absolute atomic E-state index is 13.3. The number of hydrogen-bond donors (Lipinski definition) is 1. The highest BCUT2D eigenvalue weighted by Crippen LogP contribution is 2.32. The molecule has 0 unspecified atom stereocenters. The van der Waals surface area contributed by atoms with E-state index in [1.807, 2.05) is 0 Å². The van der Waals surface area contributed by atoms with Crippen molar-refractivity contribution >= 4 is 23.4 Å². The quantitative estimate of drug-likeness (QED) is 0.744. The molecule has 2 aromatic rings. The molecule has 1 saturated heterocycles. The largest absolute Gasteiger partial charge is 0.490 e. The molecule has 2 heterocycles. The van der Waals surface area contributed by atoms with Crippen LogP contribution in [0.1, 0.15) is 40.0 Å². The van der Waals surface area contributed by atoms with Gasteiger partial charge in [-0.1, -0.05) is 0 Å². The molecular weight excluding hydrogens is 441 g/mol. The number of halogens is 1. The van der Waals surface area contributed by atoms with Gasteiger partial charge in [-0.25, -0.2) is 4.39 Å². The van der Waals surface area contributed by atoms with E-state index < -0.39 is 11.7 Å². The standard InChI is InChI=1S/C25H28FN3O5/c1-28(2)23(30)13-18-9-10-20-22(34-18)14-33-21-11-8-17(12-19(21)25(32)29(20)3)27-24(31)15-4-6-16(26)7-5-15/h4-8,11-12,18,20,22H,9-10,13-14H2,1-3H3,(H,27,31)/t18-,20-,22+/m1/s1. The van der Waals surface area contributed by atoms with Crippen molar-refractivity contribution < 1.29 is 28.2 Å². The molecule has 180 valence electrons. The van der Waals surface area contributed by atoms with Crippen molar-refractivity contribution in [3.63, 3.8) is 0 Å². The first-order chi connectivity index (χ1) is 16.2. The number of nitrogens with zero attached hydrogens (tertiary/aromatic N) is 2. The van der Waals surface area contributed by atoms with Crippen LogP contribution < -0.4 is 10.1 Å². The summed E-state index contributed by atoms with van der Waals surface area (Å²) in [6, 6.07) is 9.88. The molecule has 3 amide bonds. The molecule has 0 saturated carbocycles. The topological polar surface area (TPSA) is 88.2 Å². The fourth-order valence-electron chi connectivity index (χ4n) is 4.29. The maximum atomic E-state index is 13.3. The number of hydrogen-bond acceptors (Lipinski definition) is 5. The van der Waals surface area contributed by atoms with E-state index in [0.29, 0.717) is 41.8 Å². The molecule has 2 aliphatic rings. The SMILES string of the molecule is CN(C)C(=O)C[C@H]1CC[C@@H]2[C@H](COc3ccc(NC(=O)c4ccc(F)cc4)cc3C(=O)N2C)O1. The van der Waals surface area contributed by atoms with E-state index in [9.17, 15) is 18.8 Å². The van der Waals surface area contributed by atoms with Crippen LogP contribution in [0, 0.1) is 5.82 Å². The highest BCUT2D eigenvalue weighted by Gasteiger charge is 2.39. The minimum Gasteiger partial charge on any atom is -0.490 e. The van der Waals surface area contributed by atoms with Gasteiger partial charge in [0, 0.05) is 32.4 Å². The predicted octanol–water partition coefficient (Wildman–Crippen LogP) is 2.94. The number of carbonyl (C=O) groups excluding carboxylic acids is 3.